The second-order valence-electron chi connectivity index (χ2n) is 7.39. The third-order valence-corrected chi connectivity index (χ3v) is 5.68. The molecule has 2 aliphatic heterocycles. The normalized spacial score (nSPS) is 19.4. The van der Waals surface area contributed by atoms with Gasteiger partial charge in [0.15, 0.2) is 0 Å². The maximum absolute atomic E-state index is 13.5. The number of carbonyl (C=O) groups excluding carboxylic acids is 1. The first-order valence-electron chi connectivity index (χ1n) is 9.55. The van der Waals surface area contributed by atoms with E-state index >= 15 is 0 Å². The van der Waals surface area contributed by atoms with Crippen LogP contribution in [0.5, 0.6) is 17.2 Å². The molecule has 5 rings (SSSR count). The van der Waals surface area contributed by atoms with E-state index < -0.39 is 11.8 Å². The summed E-state index contributed by atoms with van der Waals surface area (Å²) in [6, 6.07) is 15.1. The van der Waals surface area contributed by atoms with Gasteiger partial charge >= 0.3 is 6.36 Å². The van der Waals surface area contributed by atoms with Gasteiger partial charge in [-0.2, -0.15) is 0 Å². The fraction of sp³-hybridized carbons (Fsp3) is 0.174. The summed E-state index contributed by atoms with van der Waals surface area (Å²) in [5.74, 6) is 0.0272. The molecule has 1 atom stereocenters. The second kappa shape index (κ2) is 6.66. The number of anilines is 1. The van der Waals surface area contributed by atoms with Crippen LogP contribution in [0.4, 0.5) is 18.9 Å². The first-order valence-corrected chi connectivity index (χ1v) is 9.55. The van der Waals surface area contributed by atoms with Gasteiger partial charge in [0.05, 0.1) is 12.3 Å². The molecule has 0 fully saturated rings. The third kappa shape index (κ3) is 2.98. The maximum Gasteiger partial charge on any atom is 0.573 e. The Hall–Kier alpha value is -3.68. The molecule has 2 heterocycles. The number of ether oxygens (including phenoxy) is 2. The molecule has 0 spiro atoms. The highest BCUT2D eigenvalue weighted by molar-refractivity contribution is 6.12. The quantitative estimate of drug-likeness (QED) is 0.646. The summed E-state index contributed by atoms with van der Waals surface area (Å²) < 4.78 is 47.3. The van der Waals surface area contributed by atoms with Crippen molar-refractivity contribution in [3.05, 3.63) is 82.9 Å². The van der Waals surface area contributed by atoms with Crippen LogP contribution in [0.2, 0.25) is 0 Å². The zero-order chi connectivity index (χ0) is 21.8. The Bertz CT molecular complexity index is 1170. The van der Waals surface area contributed by atoms with Crippen molar-refractivity contribution in [2.75, 3.05) is 11.9 Å². The van der Waals surface area contributed by atoms with Gasteiger partial charge in [-0.15, -0.1) is 13.2 Å². The van der Waals surface area contributed by atoms with E-state index in [4.69, 9.17) is 4.74 Å². The molecule has 2 N–H and O–H groups in total. The molecule has 1 unspecified atom stereocenters. The highest BCUT2D eigenvalue weighted by Gasteiger charge is 2.51. The number of hydrogen-bond acceptors (Lipinski definition) is 4. The molecule has 0 aromatic heterocycles. The molecule has 8 heteroatoms. The number of phenolic OH excluding ortho intramolecular Hbond substituents is 1. The molecule has 0 bridgehead atoms. The first kappa shape index (κ1) is 19.3. The minimum Gasteiger partial charge on any atom is -0.508 e. The number of alkyl halides is 3. The largest absolute Gasteiger partial charge is 0.573 e. The van der Waals surface area contributed by atoms with E-state index in [-0.39, 0.29) is 17.4 Å². The van der Waals surface area contributed by atoms with Crippen molar-refractivity contribution in [2.45, 2.75) is 18.2 Å². The van der Waals surface area contributed by atoms with Gasteiger partial charge in [0.1, 0.15) is 22.7 Å². The Morgan fingerprint density at radius 2 is 1.61 bits per heavy atom. The molecular formula is C23H16F3NO4. The Morgan fingerprint density at radius 1 is 0.968 bits per heavy atom. The number of rotatable bonds is 3. The van der Waals surface area contributed by atoms with E-state index in [9.17, 15) is 23.1 Å². The van der Waals surface area contributed by atoms with Gasteiger partial charge in [-0.1, -0.05) is 30.3 Å². The van der Waals surface area contributed by atoms with Crippen LogP contribution in [-0.4, -0.2) is 24.0 Å². The number of nitrogens with one attached hydrogen (secondary N) is 1. The van der Waals surface area contributed by atoms with E-state index in [2.05, 4.69) is 10.1 Å². The van der Waals surface area contributed by atoms with Gasteiger partial charge in [0.25, 0.3) is 0 Å². The Kier molecular flexibility index (Phi) is 4.15. The predicted octanol–water partition coefficient (Wildman–Crippen LogP) is 4.51. The molecule has 3 aromatic carbocycles. The molecule has 2 aliphatic rings. The molecule has 158 valence electrons. The Labute approximate surface area is 175 Å². The molecule has 0 aliphatic carbocycles. The number of amides is 1. The summed E-state index contributed by atoms with van der Waals surface area (Å²) in [4.78, 5) is 13.5. The molecular weight excluding hydrogens is 411 g/mol. The van der Waals surface area contributed by atoms with Crippen molar-refractivity contribution in [3.8, 4) is 17.2 Å². The van der Waals surface area contributed by atoms with Gasteiger partial charge in [0.2, 0.25) is 5.91 Å². The number of hydrogen-bond donors (Lipinski definition) is 2. The fourth-order valence-electron chi connectivity index (χ4n) is 4.42. The predicted molar refractivity (Wildman–Crippen MR) is 105 cm³/mol. The zero-order valence-corrected chi connectivity index (χ0v) is 16.0. The minimum absolute atomic E-state index is 0.0359. The molecule has 5 nitrogen and oxygen atoms in total. The number of benzene rings is 3. The Morgan fingerprint density at radius 3 is 2.26 bits per heavy atom. The summed E-state index contributed by atoms with van der Waals surface area (Å²) in [5.41, 5.74) is 1.97. The van der Waals surface area contributed by atoms with Gasteiger partial charge in [0, 0.05) is 17.5 Å². The van der Waals surface area contributed by atoms with Crippen LogP contribution in [-0.2, 0) is 16.6 Å². The summed E-state index contributed by atoms with van der Waals surface area (Å²) >= 11 is 0. The first-order chi connectivity index (χ1) is 14.8. The zero-order valence-electron chi connectivity index (χ0n) is 16.0. The smallest absolute Gasteiger partial charge is 0.508 e. The number of carbonyl (C=O) groups is 1. The number of phenols is 1. The highest BCUT2D eigenvalue weighted by Crippen LogP contribution is 2.51. The van der Waals surface area contributed by atoms with E-state index in [1.165, 1.54) is 36.4 Å². The lowest BCUT2D eigenvalue weighted by Crippen LogP contribution is -2.37. The van der Waals surface area contributed by atoms with Crippen molar-refractivity contribution >= 4 is 11.6 Å². The summed E-state index contributed by atoms with van der Waals surface area (Å²) in [5, 5.41) is 12.7. The second-order valence-corrected chi connectivity index (χ2v) is 7.39. The van der Waals surface area contributed by atoms with E-state index in [1.807, 2.05) is 0 Å². The van der Waals surface area contributed by atoms with E-state index in [1.54, 1.807) is 24.3 Å². The van der Waals surface area contributed by atoms with Crippen molar-refractivity contribution in [3.63, 3.8) is 0 Å². The van der Waals surface area contributed by atoms with Crippen LogP contribution in [0.3, 0.4) is 0 Å². The average molecular weight is 427 g/mol. The average Bonchev–Trinajstić information content (AvgIpc) is 3.30. The van der Waals surface area contributed by atoms with Crippen molar-refractivity contribution in [1.82, 2.24) is 0 Å². The standard InChI is InChI=1S/C23H16F3NO4/c24-23(25,26)31-16-7-3-14(4-8-16)22(13-1-5-15(28)6-2-13)18-9-10-19-17(11-12-30-19)20(18)27-21(22)29/h1-10,28H,11-12H2,(H,27,29). The summed E-state index contributed by atoms with van der Waals surface area (Å²) in [6.45, 7) is 0.511. The van der Waals surface area contributed by atoms with Gasteiger partial charge < -0.3 is 19.9 Å². The number of aromatic hydroxyl groups is 1. The molecule has 0 radical (unpaired) electrons. The monoisotopic (exact) mass is 427 g/mol. The van der Waals surface area contributed by atoms with Gasteiger partial charge in [-0.25, -0.2) is 0 Å². The van der Waals surface area contributed by atoms with Crippen LogP contribution < -0.4 is 14.8 Å². The number of halogens is 3. The third-order valence-electron chi connectivity index (χ3n) is 5.68. The van der Waals surface area contributed by atoms with Crippen LogP contribution in [0.1, 0.15) is 22.3 Å². The van der Waals surface area contributed by atoms with Crippen molar-refractivity contribution < 1.29 is 32.5 Å². The van der Waals surface area contributed by atoms with Crippen LogP contribution in [0, 0.1) is 0 Å². The molecule has 31 heavy (non-hydrogen) atoms. The number of fused-ring (bicyclic) bond motifs is 3. The van der Waals surface area contributed by atoms with Crippen molar-refractivity contribution in [2.24, 2.45) is 0 Å². The molecule has 3 aromatic rings. The SMILES string of the molecule is O=C1Nc2c(ccc3c2CCO3)C1(c1ccc(O)cc1)c1ccc(OC(F)(F)F)cc1. The lowest BCUT2D eigenvalue weighted by atomic mass is 9.70. The summed E-state index contributed by atoms with van der Waals surface area (Å²) in [6.07, 6.45) is -4.17. The summed E-state index contributed by atoms with van der Waals surface area (Å²) in [7, 11) is 0. The van der Waals surface area contributed by atoms with Crippen molar-refractivity contribution in [1.29, 1.82) is 0 Å². The molecule has 1 amide bonds. The van der Waals surface area contributed by atoms with E-state index in [0.717, 1.165) is 5.56 Å². The lowest BCUT2D eigenvalue weighted by Gasteiger charge is -2.29. The minimum atomic E-state index is -4.81. The fourth-order valence-corrected chi connectivity index (χ4v) is 4.42. The van der Waals surface area contributed by atoms with Crippen LogP contribution in [0.25, 0.3) is 0 Å². The maximum atomic E-state index is 13.5. The van der Waals surface area contributed by atoms with Gasteiger partial charge in [-0.3, -0.25) is 4.79 Å². The molecule has 0 saturated heterocycles. The van der Waals surface area contributed by atoms with Gasteiger partial charge in [-0.05, 0) is 41.5 Å². The van der Waals surface area contributed by atoms with Crippen LogP contribution in [0.15, 0.2) is 60.7 Å². The molecule has 0 saturated carbocycles. The Balaban J connectivity index is 1.72. The lowest BCUT2D eigenvalue weighted by molar-refractivity contribution is -0.274. The van der Waals surface area contributed by atoms with E-state index in [0.29, 0.717) is 41.2 Å². The topological polar surface area (TPSA) is 67.8 Å². The highest BCUT2D eigenvalue weighted by atomic mass is 19.4. The van der Waals surface area contributed by atoms with Crippen LogP contribution >= 0.6 is 0 Å².